The summed E-state index contributed by atoms with van der Waals surface area (Å²) in [5, 5.41) is 4.18. The SMILES string of the molecule is CCOC(=O)CCc1cc(-c2c(F)cccc2F)n(C)n1. The van der Waals surface area contributed by atoms with Gasteiger partial charge in [-0.1, -0.05) is 6.07 Å². The molecule has 0 aliphatic carbocycles. The molecule has 112 valence electrons. The van der Waals surface area contributed by atoms with Crippen molar-refractivity contribution in [3.05, 3.63) is 41.6 Å². The topological polar surface area (TPSA) is 44.1 Å². The molecule has 21 heavy (non-hydrogen) atoms. The van der Waals surface area contributed by atoms with Gasteiger partial charge in [-0.15, -0.1) is 0 Å². The Kier molecular flexibility index (Phi) is 4.67. The van der Waals surface area contributed by atoms with Crippen LogP contribution >= 0.6 is 0 Å². The van der Waals surface area contributed by atoms with E-state index in [0.717, 1.165) is 0 Å². The highest BCUT2D eigenvalue weighted by Crippen LogP contribution is 2.26. The standard InChI is InChI=1S/C15H16F2N2O2/c1-3-21-14(20)8-7-10-9-13(19(2)18-10)15-11(16)5-4-6-12(15)17/h4-6,9H,3,7-8H2,1-2H3. The van der Waals surface area contributed by atoms with Crippen LogP contribution in [0.15, 0.2) is 24.3 Å². The molecule has 0 fully saturated rings. The molecule has 6 heteroatoms. The summed E-state index contributed by atoms with van der Waals surface area (Å²) in [5.74, 6) is -1.60. The lowest BCUT2D eigenvalue weighted by atomic mass is 10.1. The van der Waals surface area contributed by atoms with Crippen molar-refractivity contribution in [2.45, 2.75) is 19.8 Å². The van der Waals surface area contributed by atoms with Gasteiger partial charge in [0.05, 0.1) is 30.0 Å². The number of carbonyl (C=O) groups excluding carboxylic acids is 1. The molecule has 0 spiro atoms. The molecular weight excluding hydrogens is 278 g/mol. The van der Waals surface area contributed by atoms with Crippen LogP contribution in [0.3, 0.4) is 0 Å². The normalized spacial score (nSPS) is 10.7. The third kappa shape index (κ3) is 3.45. The maximum atomic E-state index is 13.8. The van der Waals surface area contributed by atoms with Crippen LogP contribution in [0.25, 0.3) is 11.3 Å². The molecular formula is C15H16F2N2O2. The van der Waals surface area contributed by atoms with Crippen LogP contribution in [-0.2, 0) is 23.0 Å². The van der Waals surface area contributed by atoms with Gasteiger partial charge in [-0.3, -0.25) is 9.48 Å². The minimum atomic E-state index is -0.644. The van der Waals surface area contributed by atoms with Crippen molar-refractivity contribution in [1.29, 1.82) is 0 Å². The number of aryl methyl sites for hydroxylation is 2. The Labute approximate surface area is 121 Å². The zero-order valence-electron chi connectivity index (χ0n) is 11.9. The average molecular weight is 294 g/mol. The number of hydrogen-bond acceptors (Lipinski definition) is 3. The Morgan fingerprint density at radius 2 is 2.00 bits per heavy atom. The number of benzene rings is 1. The molecule has 0 N–H and O–H groups in total. The maximum Gasteiger partial charge on any atom is 0.306 e. The van der Waals surface area contributed by atoms with Gasteiger partial charge < -0.3 is 4.74 Å². The molecule has 1 aromatic carbocycles. The predicted molar refractivity (Wildman–Crippen MR) is 73.5 cm³/mol. The highest BCUT2D eigenvalue weighted by atomic mass is 19.1. The van der Waals surface area contributed by atoms with E-state index in [-0.39, 0.29) is 18.0 Å². The van der Waals surface area contributed by atoms with Crippen LogP contribution in [0.2, 0.25) is 0 Å². The predicted octanol–water partition coefficient (Wildman–Crippen LogP) is 2.86. The third-order valence-corrected chi connectivity index (χ3v) is 3.04. The summed E-state index contributed by atoms with van der Waals surface area (Å²) >= 11 is 0. The van der Waals surface area contributed by atoms with Crippen LogP contribution in [0, 0.1) is 11.6 Å². The number of halogens is 2. The highest BCUT2D eigenvalue weighted by molar-refractivity contribution is 5.69. The first-order valence-corrected chi connectivity index (χ1v) is 6.65. The van der Waals surface area contributed by atoms with Crippen molar-refractivity contribution in [3.8, 4) is 11.3 Å². The Morgan fingerprint density at radius 1 is 1.33 bits per heavy atom. The van der Waals surface area contributed by atoms with E-state index >= 15 is 0 Å². The molecule has 0 amide bonds. The second-order valence-electron chi connectivity index (χ2n) is 4.55. The molecule has 0 saturated heterocycles. The molecule has 4 nitrogen and oxygen atoms in total. The second kappa shape index (κ2) is 6.47. The van der Waals surface area contributed by atoms with Gasteiger partial charge in [0.2, 0.25) is 0 Å². The van der Waals surface area contributed by atoms with E-state index in [4.69, 9.17) is 4.74 Å². The molecule has 0 radical (unpaired) electrons. The number of carbonyl (C=O) groups is 1. The summed E-state index contributed by atoms with van der Waals surface area (Å²) in [4.78, 5) is 11.3. The summed E-state index contributed by atoms with van der Waals surface area (Å²) < 4.78 is 33.8. The number of aromatic nitrogens is 2. The molecule has 2 rings (SSSR count). The number of hydrogen-bond donors (Lipinski definition) is 0. The van der Waals surface area contributed by atoms with Crippen molar-refractivity contribution in [2.24, 2.45) is 7.05 Å². The number of esters is 1. The first-order chi connectivity index (χ1) is 10.0. The van der Waals surface area contributed by atoms with Gasteiger partial charge in [-0.25, -0.2) is 8.78 Å². The lowest BCUT2D eigenvalue weighted by Crippen LogP contribution is -2.05. The van der Waals surface area contributed by atoms with Crippen LogP contribution in [0.1, 0.15) is 19.0 Å². The first kappa shape index (κ1) is 15.2. The number of rotatable bonds is 5. The zero-order chi connectivity index (χ0) is 15.4. The second-order valence-corrected chi connectivity index (χ2v) is 4.55. The minimum absolute atomic E-state index is 0.116. The maximum absolute atomic E-state index is 13.8. The monoisotopic (exact) mass is 294 g/mol. The molecule has 0 bridgehead atoms. The van der Waals surface area contributed by atoms with E-state index < -0.39 is 11.6 Å². The molecule has 0 atom stereocenters. The summed E-state index contributed by atoms with van der Waals surface area (Å²) in [7, 11) is 1.61. The molecule has 0 aliphatic rings. The molecule has 1 aromatic heterocycles. The summed E-state index contributed by atoms with van der Waals surface area (Å²) in [5.41, 5.74) is 0.808. The van der Waals surface area contributed by atoms with Gasteiger partial charge in [-0.2, -0.15) is 5.10 Å². The van der Waals surface area contributed by atoms with Gasteiger partial charge in [0.25, 0.3) is 0 Å². The minimum Gasteiger partial charge on any atom is -0.466 e. The van der Waals surface area contributed by atoms with Gasteiger partial charge in [0.1, 0.15) is 11.6 Å². The average Bonchev–Trinajstić information content (AvgIpc) is 2.78. The van der Waals surface area contributed by atoms with Gasteiger partial charge in [0.15, 0.2) is 0 Å². The van der Waals surface area contributed by atoms with Gasteiger partial charge >= 0.3 is 5.97 Å². The van der Waals surface area contributed by atoms with E-state index in [2.05, 4.69) is 5.10 Å². The van der Waals surface area contributed by atoms with Gasteiger partial charge in [-0.05, 0) is 25.1 Å². The highest BCUT2D eigenvalue weighted by Gasteiger charge is 2.16. The van der Waals surface area contributed by atoms with Crippen molar-refractivity contribution in [1.82, 2.24) is 9.78 Å². The fourth-order valence-electron chi connectivity index (χ4n) is 2.09. The van der Waals surface area contributed by atoms with Crippen molar-refractivity contribution >= 4 is 5.97 Å². The molecule has 0 aliphatic heterocycles. The lowest BCUT2D eigenvalue weighted by Gasteiger charge is -2.04. The fraction of sp³-hybridized carbons (Fsp3) is 0.333. The van der Waals surface area contributed by atoms with Crippen LogP contribution in [0.5, 0.6) is 0 Å². The van der Waals surface area contributed by atoms with Crippen LogP contribution < -0.4 is 0 Å². The van der Waals surface area contributed by atoms with E-state index in [1.165, 1.54) is 22.9 Å². The van der Waals surface area contributed by atoms with Crippen molar-refractivity contribution < 1.29 is 18.3 Å². The van der Waals surface area contributed by atoms with E-state index in [1.807, 2.05) is 0 Å². The molecule has 0 unspecified atom stereocenters. The Balaban J connectivity index is 2.22. The van der Waals surface area contributed by atoms with Crippen molar-refractivity contribution in [2.75, 3.05) is 6.61 Å². The third-order valence-electron chi connectivity index (χ3n) is 3.04. The quantitative estimate of drug-likeness (QED) is 0.796. The van der Waals surface area contributed by atoms with Crippen LogP contribution in [-0.4, -0.2) is 22.4 Å². The van der Waals surface area contributed by atoms with Crippen molar-refractivity contribution in [3.63, 3.8) is 0 Å². The molecule has 1 heterocycles. The summed E-state index contributed by atoms with van der Waals surface area (Å²) in [6.07, 6.45) is 0.548. The first-order valence-electron chi connectivity index (χ1n) is 6.65. The van der Waals surface area contributed by atoms with E-state index in [1.54, 1.807) is 20.0 Å². The van der Waals surface area contributed by atoms with E-state index in [9.17, 15) is 13.6 Å². The molecule has 0 saturated carbocycles. The lowest BCUT2D eigenvalue weighted by molar-refractivity contribution is -0.143. The number of nitrogens with zero attached hydrogens (tertiary/aromatic N) is 2. The fourth-order valence-corrected chi connectivity index (χ4v) is 2.09. The summed E-state index contributed by atoms with van der Waals surface area (Å²) in [6.45, 7) is 2.06. The Morgan fingerprint density at radius 3 is 2.62 bits per heavy atom. The largest absolute Gasteiger partial charge is 0.466 e. The zero-order valence-corrected chi connectivity index (χ0v) is 11.9. The van der Waals surface area contributed by atoms with Crippen LogP contribution in [0.4, 0.5) is 8.78 Å². The smallest absolute Gasteiger partial charge is 0.306 e. The summed E-state index contributed by atoms with van der Waals surface area (Å²) in [6, 6.07) is 5.29. The molecule has 2 aromatic rings. The Bertz CT molecular complexity index is 633. The Hall–Kier alpha value is -2.24. The van der Waals surface area contributed by atoms with Gasteiger partial charge in [0, 0.05) is 13.5 Å². The number of ether oxygens (including phenoxy) is 1. The van der Waals surface area contributed by atoms with E-state index in [0.29, 0.717) is 24.4 Å².